The van der Waals surface area contributed by atoms with Gasteiger partial charge in [0.05, 0.1) is 4.90 Å². The highest BCUT2D eigenvalue weighted by Crippen LogP contribution is 2.47. The predicted molar refractivity (Wildman–Crippen MR) is 104 cm³/mol. The standard InChI is InChI=1S/C19H20ClN3O3S/c20-14-4-6-16(7-5-14)27(25,26)19(9-10-19)18(24)22-15-8-12-23(13-15)17-3-1-2-11-21-17/h1-7,11,15H,8-10,12-13H2,(H,22,24). The third kappa shape index (κ3) is 3.30. The normalized spacial score (nSPS) is 21.1. The summed E-state index contributed by atoms with van der Waals surface area (Å²) in [6.45, 7) is 1.40. The van der Waals surface area contributed by atoms with Crippen molar-refractivity contribution in [3.63, 3.8) is 0 Å². The Hall–Kier alpha value is -2.12. The van der Waals surface area contributed by atoms with Crippen LogP contribution < -0.4 is 10.2 Å². The van der Waals surface area contributed by atoms with Crippen molar-refractivity contribution >= 4 is 33.2 Å². The second-order valence-electron chi connectivity index (χ2n) is 7.04. The summed E-state index contributed by atoms with van der Waals surface area (Å²) in [5.41, 5.74) is 0. The van der Waals surface area contributed by atoms with E-state index < -0.39 is 20.5 Å². The van der Waals surface area contributed by atoms with E-state index >= 15 is 0 Å². The van der Waals surface area contributed by atoms with E-state index in [0.29, 0.717) is 24.4 Å². The van der Waals surface area contributed by atoms with Crippen LogP contribution in [0.15, 0.2) is 53.6 Å². The van der Waals surface area contributed by atoms with Gasteiger partial charge < -0.3 is 10.2 Å². The topological polar surface area (TPSA) is 79.4 Å². The van der Waals surface area contributed by atoms with Crippen molar-refractivity contribution in [3.8, 4) is 0 Å². The molecule has 1 aromatic carbocycles. The predicted octanol–water partition coefficient (Wildman–Crippen LogP) is 2.44. The summed E-state index contributed by atoms with van der Waals surface area (Å²) in [6.07, 6.45) is 3.19. The highest BCUT2D eigenvalue weighted by Gasteiger charge is 2.61. The van der Waals surface area contributed by atoms with Gasteiger partial charge in [-0.05, 0) is 55.7 Å². The van der Waals surface area contributed by atoms with Crippen LogP contribution in [0.4, 0.5) is 5.82 Å². The molecule has 1 saturated carbocycles. The Labute approximate surface area is 163 Å². The first-order valence-corrected chi connectivity index (χ1v) is 10.8. The fourth-order valence-corrected chi connectivity index (χ4v) is 5.53. The van der Waals surface area contributed by atoms with Gasteiger partial charge in [0.2, 0.25) is 5.91 Å². The summed E-state index contributed by atoms with van der Waals surface area (Å²) >= 11 is 5.85. The van der Waals surface area contributed by atoms with Gasteiger partial charge in [0.25, 0.3) is 0 Å². The fraction of sp³-hybridized carbons (Fsp3) is 0.368. The number of benzene rings is 1. The zero-order chi connectivity index (χ0) is 19.1. The van der Waals surface area contributed by atoms with Crippen molar-refractivity contribution < 1.29 is 13.2 Å². The van der Waals surface area contributed by atoms with Crippen molar-refractivity contribution in [2.24, 2.45) is 0 Å². The maximum atomic E-state index is 13.0. The number of nitrogens with one attached hydrogen (secondary N) is 1. The van der Waals surface area contributed by atoms with Gasteiger partial charge >= 0.3 is 0 Å². The molecule has 2 heterocycles. The molecule has 6 nitrogen and oxygen atoms in total. The number of aromatic nitrogens is 1. The lowest BCUT2D eigenvalue weighted by Gasteiger charge is -2.21. The second kappa shape index (κ2) is 6.80. The molecular formula is C19H20ClN3O3S. The molecule has 4 rings (SSSR count). The van der Waals surface area contributed by atoms with Crippen LogP contribution in [0.3, 0.4) is 0 Å². The van der Waals surface area contributed by atoms with Crippen molar-refractivity contribution in [1.29, 1.82) is 0 Å². The number of amides is 1. The van der Waals surface area contributed by atoms with E-state index in [1.807, 2.05) is 18.2 Å². The molecule has 1 atom stereocenters. The first kappa shape index (κ1) is 18.3. The average Bonchev–Trinajstić information content (AvgIpc) is 3.38. The number of carbonyl (C=O) groups is 1. The Morgan fingerprint density at radius 2 is 1.93 bits per heavy atom. The van der Waals surface area contributed by atoms with E-state index in [4.69, 9.17) is 11.6 Å². The largest absolute Gasteiger partial charge is 0.354 e. The van der Waals surface area contributed by atoms with Gasteiger partial charge in [0.15, 0.2) is 14.6 Å². The maximum Gasteiger partial charge on any atom is 0.242 e. The lowest BCUT2D eigenvalue weighted by Crippen LogP contribution is -2.47. The Kier molecular flexibility index (Phi) is 4.60. The maximum absolute atomic E-state index is 13.0. The summed E-state index contributed by atoms with van der Waals surface area (Å²) in [7, 11) is -3.75. The Balaban J connectivity index is 1.46. The van der Waals surface area contributed by atoms with E-state index in [9.17, 15) is 13.2 Å². The molecule has 27 heavy (non-hydrogen) atoms. The quantitative estimate of drug-likeness (QED) is 0.826. The van der Waals surface area contributed by atoms with E-state index in [-0.39, 0.29) is 10.9 Å². The molecule has 2 aromatic rings. The monoisotopic (exact) mass is 405 g/mol. The molecule has 142 valence electrons. The number of sulfone groups is 1. The number of nitrogens with zero attached hydrogens (tertiary/aromatic N) is 2. The van der Waals surface area contributed by atoms with E-state index in [1.165, 1.54) is 24.3 Å². The molecular weight excluding hydrogens is 386 g/mol. The number of rotatable bonds is 5. The van der Waals surface area contributed by atoms with Crippen LogP contribution >= 0.6 is 11.6 Å². The van der Waals surface area contributed by atoms with Crippen LogP contribution in [-0.4, -0.2) is 43.2 Å². The number of pyridine rings is 1. The smallest absolute Gasteiger partial charge is 0.242 e. The van der Waals surface area contributed by atoms with Gasteiger partial charge in [-0.25, -0.2) is 13.4 Å². The van der Waals surface area contributed by atoms with Crippen LogP contribution in [0.1, 0.15) is 19.3 Å². The van der Waals surface area contributed by atoms with Gasteiger partial charge in [-0.1, -0.05) is 17.7 Å². The second-order valence-corrected chi connectivity index (χ2v) is 9.74. The van der Waals surface area contributed by atoms with E-state index in [1.54, 1.807) is 6.20 Å². The summed E-state index contributed by atoms with van der Waals surface area (Å²) in [5.74, 6) is 0.467. The van der Waals surface area contributed by atoms with Crippen LogP contribution in [0, 0.1) is 0 Å². The molecule has 1 amide bonds. The molecule has 0 spiro atoms. The SMILES string of the molecule is O=C(NC1CCN(c2ccccn2)C1)C1(S(=O)(=O)c2ccc(Cl)cc2)CC1. The lowest BCUT2D eigenvalue weighted by atomic mass is 10.2. The molecule has 1 N–H and O–H groups in total. The lowest BCUT2D eigenvalue weighted by molar-refractivity contribution is -0.122. The molecule has 2 aliphatic rings. The van der Waals surface area contributed by atoms with Crippen molar-refractivity contribution in [2.75, 3.05) is 18.0 Å². The third-order valence-electron chi connectivity index (χ3n) is 5.25. The number of halogens is 1. The highest BCUT2D eigenvalue weighted by atomic mass is 35.5. The zero-order valence-corrected chi connectivity index (χ0v) is 16.2. The summed E-state index contributed by atoms with van der Waals surface area (Å²) in [5, 5.41) is 3.42. The molecule has 1 saturated heterocycles. The van der Waals surface area contributed by atoms with E-state index in [0.717, 1.165) is 18.8 Å². The summed E-state index contributed by atoms with van der Waals surface area (Å²) in [4.78, 5) is 19.4. The average molecular weight is 406 g/mol. The van der Waals surface area contributed by atoms with Gasteiger partial charge in [-0.3, -0.25) is 4.79 Å². The third-order valence-corrected chi connectivity index (χ3v) is 8.02. The molecule has 1 aromatic heterocycles. The van der Waals surface area contributed by atoms with Crippen LogP contribution in [0.5, 0.6) is 0 Å². The first-order chi connectivity index (χ1) is 12.9. The van der Waals surface area contributed by atoms with Crippen molar-refractivity contribution in [1.82, 2.24) is 10.3 Å². The van der Waals surface area contributed by atoms with E-state index in [2.05, 4.69) is 15.2 Å². The highest BCUT2D eigenvalue weighted by molar-refractivity contribution is 7.94. The fourth-order valence-electron chi connectivity index (χ4n) is 3.51. The number of hydrogen-bond acceptors (Lipinski definition) is 5. The first-order valence-electron chi connectivity index (χ1n) is 8.89. The van der Waals surface area contributed by atoms with Crippen molar-refractivity contribution in [3.05, 3.63) is 53.7 Å². The van der Waals surface area contributed by atoms with Gasteiger partial charge in [0, 0.05) is 30.4 Å². The molecule has 1 unspecified atom stereocenters. The number of hydrogen-bond donors (Lipinski definition) is 1. The van der Waals surface area contributed by atoms with Crippen LogP contribution in [0.25, 0.3) is 0 Å². The minimum absolute atomic E-state index is 0.0857. The van der Waals surface area contributed by atoms with Gasteiger partial charge in [-0.15, -0.1) is 0 Å². The Bertz CT molecular complexity index is 944. The van der Waals surface area contributed by atoms with Crippen LogP contribution in [-0.2, 0) is 14.6 Å². The molecule has 0 radical (unpaired) electrons. The molecule has 8 heteroatoms. The van der Waals surface area contributed by atoms with Gasteiger partial charge in [-0.2, -0.15) is 0 Å². The van der Waals surface area contributed by atoms with Gasteiger partial charge in [0.1, 0.15) is 5.82 Å². The Morgan fingerprint density at radius 1 is 1.19 bits per heavy atom. The van der Waals surface area contributed by atoms with Crippen molar-refractivity contribution in [2.45, 2.75) is 34.9 Å². The molecule has 0 bridgehead atoms. The zero-order valence-electron chi connectivity index (χ0n) is 14.6. The summed E-state index contributed by atoms with van der Waals surface area (Å²) < 4.78 is 24.7. The minimum Gasteiger partial charge on any atom is -0.354 e. The molecule has 1 aliphatic carbocycles. The summed E-state index contributed by atoms with van der Waals surface area (Å²) in [6, 6.07) is 11.6. The number of carbonyl (C=O) groups excluding carboxylic acids is 1. The molecule has 2 fully saturated rings. The number of anilines is 1. The Morgan fingerprint density at radius 3 is 2.56 bits per heavy atom. The van der Waals surface area contributed by atoms with Crippen LogP contribution in [0.2, 0.25) is 5.02 Å². The minimum atomic E-state index is -3.75. The molecule has 1 aliphatic heterocycles.